The Morgan fingerprint density at radius 3 is 2.47 bits per heavy atom. The summed E-state index contributed by atoms with van der Waals surface area (Å²) in [4.78, 5) is 0. The molecule has 3 N–H and O–H groups in total. The number of nitrogens with one attached hydrogen (secondary N) is 1. The van der Waals surface area contributed by atoms with Gasteiger partial charge in [-0.15, -0.1) is 0 Å². The first-order valence-corrected chi connectivity index (χ1v) is 7.10. The molecule has 1 aliphatic carbocycles. The van der Waals surface area contributed by atoms with Gasteiger partial charge in [0.25, 0.3) is 0 Å². The number of rotatable bonds is 4. The van der Waals surface area contributed by atoms with Crippen LogP contribution in [0.15, 0.2) is 29.7 Å². The lowest BCUT2D eigenvalue weighted by molar-refractivity contribution is 0.589. The lowest BCUT2D eigenvalue weighted by Gasteiger charge is -2.00. The van der Waals surface area contributed by atoms with Gasteiger partial charge >= 0.3 is 0 Å². The quantitative estimate of drug-likeness (QED) is 0.869. The van der Waals surface area contributed by atoms with Crippen molar-refractivity contribution in [2.75, 3.05) is 0 Å². The number of hydrogen-bond donors (Lipinski definition) is 2. The van der Waals surface area contributed by atoms with E-state index in [-0.39, 0.29) is 12.1 Å². The van der Waals surface area contributed by atoms with E-state index in [1.807, 2.05) is 0 Å². The minimum atomic E-state index is -3.40. The maximum Gasteiger partial charge on any atom is 0.234 e. The van der Waals surface area contributed by atoms with E-state index in [9.17, 15) is 8.42 Å². The Hall–Kier alpha value is -0.880. The third-order valence-corrected chi connectivity index (χ3v) is 3.84. The van der Waals surface area contributed by atoms with Crippen LogP contribution in [0.1, 0.15) is 12.0 Å². The van der Waals surface area contributed by atoms with Crippen LogP contribution in [-0.4, -0.2) is 20.5 Å². The molecule has 2 atom stereocenters. The van der Waals surface area contributed by atoms with E-state index in [0.29, 0.717) is 11.4 Å². The van der Waals surface area contributed by atoms with Crippen LogP contribution in [0.3, 0.4) is 0 Å². The molecule has 0 bridgehead atoms. The first-order chi connectivity index (χ1) is 7.96. The summed E-state index contributed by atoms with van der Waals surface area (Å²) in [5.41, 5.74) is 6.31. The Bertz CT molecular complexity index is 525. The molecule has 0 aromatic heterocycles. The molecule has 0 aliphatic heterocycles. The van der Waals surface area contributed by atoms with E-state index >= 15 is 0 Å². The molecule has 0 amide bonds. The summed E-state index contributed by atoms with van der Waals surface area (Å²) in [7, 11) is -3.40. The molecule has 92 valence electrons. The monoisotopic (exact) mass is 272 g/mol. The highest BCUT2D eigenvalue weighted by molar-refractivity contribution is 7.92. The molecule has 1 fully saturated rings. The van der Waals surface area contributed by atoms with E-state index in [4.69, 9.17) is 17.3 Å². The lowest BCUT2D eigenvalue weighted by atomic mass is 10.2. The van der Waals surface area contributed by atoms with Crippen molar-refractivity contribution in [1.29, 1.82) is 0 Å². The second-order valence-corrected chi connectivity index (χ2v) is 6.06. The maximum atomic E-state index is 11.6. The highest BCUT2D eigenvalue weighted by Crippen LogP contribution is 2.19. The van der Waals surface area contributed by atoms with Crippen LogP contribution in [0, 0.1) is 0 Å². The minimum absolute atomic E-state index is 0.0475. The van der Waals surface area contributed by atoms with E-state index < -0.39 is 10.0 Å². The largest absolute Gasteiger partial charge is 0.326 e. The SMILES string of the molecule is NC1CC1NS(=O)(=O)/C=C/c1ccc(Cl)cc1. The van der Waals surface area contributed by atoms with Gasteiger partial charge in [0.05, 0.1) is 0 Å². The van der Waals surface area contributed by atoms with Gasteiger partial charge < -0.3 is 5.73 Å². The topological polar surface area (TPSA) is 72.2 Å². The number of hydrogen-bond acceptors (Lipinski definition) is 3. The van der Waals surface area contributed by atoms with Crippen LogP contribution in [0.25, 0.3) is 6.08 Å². The number of benzene rings is 1. The van der Waals surface area contributed by atoms with Gasteiger partial charge in [-0.2, -0.15) is 0 Å². The maximum absolute atomic E-state index is 11.6. The molecule has 0 spiro atoms. The lowest BCUT2D eigenvalue weighted by Crippen LogP contribution is -2.27. The Labute approximate surface area is 106 Å². The van der Waals surface area contributed by atoms with Crippen LogP contribution < -0.4 is 10.5 Å². The van der Waals surface area contributed by atoms with Gasteiger partial charge in [0.15, 0.2) is 0 Å². The van der Waals surface area contributed by atoms with Gasteiger partial charge in [-0.05, 0) is 30.2 Å². The predicted molar refractivity (Wildman–Crippen MR) is 68.9 cm³/mol. The summed E-state index contributed by atoms with van der Waals surface area (Å²) in [5, 5.41) is 1.76. The molecule has 0 radical (unpaired) electrons. The van der Waals surface area contributed by atoms with Crippen LogP contribution >= 0.6 is 11.6 Å². The average molecular weight is 273 g/mol. The molecule has 0 saturated heterocycles. The summed E-state index contributed by atoms with van der Waals surface area (Å²) in [6.07, 6.45) is 2.22. The molecule has 1 saturated carbocycles. The molecule has 1 aliphatic rings. The summed E-state index contributed by atoms with van der Waals surface area (Å²) in [6, 6.07) is 6.74. The fourth-order valence-corrected chi connectivity index (χ4v) is 2.58. The molecule has 6 heteroatoms. The zero-order valence-corrected chi connectivity index (χ0v) is 10.6. The van der Waals surface area contributed by atoms with Crippen LogP contribution in [0.5, 0.6) is 0 Å². The van der Waals surface area contributed by atoms with Gasteiger partial charge in [-0.25, -0.2) is 13.1 Å². The number of halogens is 1. The summed E-state index contributed by atoms with van der Waals surface area (Å²) in [5.74, 6) is 0. The third kappa shape index (κ3) is 3.81. The van der Waals surface area contributed by atoms with Crippen molar-refractivity contribution >= 4 is 27.7 Å². The second kappa shape index (κ2) is 4.78. The Morgan fingerprint density at radius 2 is 1.94 bits per heavy atom. The highest BCUT2D eigenvalue weighted by Gasteiger charge is 2.36. The number of nitrogens with two attached hydrogens (primary N) is 1. The molecule has 1 aromatic rings. The van der Waals surface area contributed by atoms with Crippen LogP contribution in [0.4, 0.5) is 0 Å². The van der Waals surface area contributed by atoms with E-state index in [1.165, 1.54) is 6.08 Å². The molecule has 17 heavy (non-hydrogen) atoms. The van der Waals surface area contributed by atoms with E-state index in [1.54, 1.807) is 24.3 Å². The molecular weight excluding hydrogens is 260 g/mol. The van der Waals surface area contributed by atoms with E-state index in [0.717, 1.165) is 11.0 Å². The fraction of sp³-hybridized carbons (Fsp3) is 0.273. The Balaban J connectivity index is 2.01. The molecule has 2 rings (SSSR count). The summed E-state index contributed by atoms with van der Waals surface area (Å²) in [6.45, 7) is 0. The fourth-order valence-electron chi connectivity index (χ4n) is 1.34. The average Bonchev–Trinajstić information content (AvgIpc) is 2.92. The van der Waals surface area contributed by atoms with Gasteiger partial charge in [0.1, 0.15) is 0 Å². The molecule has 0 heterocycles. The molecular formula is C11H13ClN2O2S. The minimum Gasteiger partial charge on any atom is -0.326 e. The first kappa shape index (κ1) is 12.6. The third-order valence-electron chi connectivity index (χ3n) is 2.47. The van der Waals surface area contributed by atoms with Crippen molar-refractivity contribution in [3.8, 4) is 0 Å². The smallest absolute Gasteiger partial charge is 0.234 e. The van der Waals surface area contributed by atoms with Crippen molar-refractivity contribution in [3.05, 3.63) is 40.3 Å². The Morgan fingerprint density at radius 1 is 1.35 bits per heavy atom. The van der Waals surface area contributed by atoms with Gasteiger partial charge in [-0.1, -0.05) is 23.7 Å². The molecule has 2 unspecified atom stereocenters. The summed E-state index contributed by atoms with van der Waals surface area (Å²) >= 11 is 5.73. The standard InChI is InChI=1S/C11H13ClN2O2S/c12-9-3-1-8(2-4-9)5-6-17(15,16)14-11-7-10(11)13/h1-6,10-11,14H,7,13H2/b6-5+. The van der Waals surface area contributed by atoms with Crippen molar-refractivity contribution in [2.45, 2.75) is 18.5 Å². The van der Waals surface area contributed by atoms with Crippen molar-refractivity contribution in [2.24, 2.45) is 5.73 Å². The second-order valence-electron chi connectivity index (χ2n) is 4.02. The molecule has 1 aromatic carbocycles. The highest BCUT2D eigenvalue weighted by atomic mass is 35.5. The number of sulfonamides is 1. The van der Waals surface area contributed by atoms with E-state index in [2.05, 4.69) is 4.72 Å². The first-order valence-electron chi connectivity index (χ1n) is 5.18. The van der Waals surface area contributed by atoms with Gasteiger partial charge in [0.2, 0.25) is 10.0 Å². The van der Waals surface area contributed by atoms with Crippen molar-refractivity contribution in [3.63, 3.8) is 0 Å². The predicted octanol–water partition coefficient (Wildman–Crippen LogP) is 1.33. The summed E-state index contributed by atoms with van der Waals surface area (Å²) < 4.78 is 25.7. The van der Waals surface area contributed by atoms with Gasteiger partial charge in [0, 0.05) is 22.5 Å². The van der Waals surface area contributed by atoms with Gasteiger partial charge in [-0.3, -0.25) is 0 Å². The van der Waals surface area contributed by atoms with Crippen molar-refractivity contribution in [1.82, 2.24) is 4.72 Å². The van der Waals surface area contributed by atoms with Crippen molar-refractivity contribution < 1.29 is 8.42 Å². The molecule has 4 nitrogen and oxygen atoms in total. The normalized spacial score (nSPS) is 24.1. The van der Waals surface area contributed by atoms with Crippen LogP contribution in [0.2, 0.25) is 5.02 Å². The van der Waals surface area contributed by atoms with Crippen LogP contribution in [-0.2, 0) is 10.0 Å². The zero-order chi connectivity index (χ0) is 12.5. The zero-order valence-electron chi connectivity index (χ0n) is 9.01. The Kier molecular flexibility index (Phi) is 3.53.